The first kappa shape index (κ1) is 15.5. The van der Waals surface area contributed by atoms with Crippen molar-refractivity contribution in [3.63, 3.8) is 0 Å². The van der Waals surface area contributed by atoms with Crippen LogP contribution < -0.4 is 0 Å². The Bertz CT molecular complexity index is 362. The lowest BCUT2D eigenvalue weighted by molar-refractivity contribution is 0.0965. The molecule has 4 nitrogen and oxygen atoms in total. The molecule has 2 aliphatic rings. The second-order valence-corrected chi connectivity index (χ2v) is 7.99. The van der Waals surface area contributed by atoms with Gasteiger partial charge < -0.3 is 4.74 Å². The highest BCUT2D eigenvalue weighted by molar-refractivity contribution is 7.89. The third-order valence-electron chi connectivity index (χ3n) is 4.20. The van der Waals surface area contributed by atoms with E-state index in [0.29, 0.717) is 38.5 Å². The Hall–Kier alpha value is 0.160. The number of alkyl halides is 1. The van der Waals surface area contributed by atoms with Crippen LogP contribution in [0.4, 0.5) is 0 Å². The van der Waals surface area contributed by atoms with Crippen molar-refractivity contribution in [1.29, 1.82) is 0 Å². The molecule has 0 aromatic rings. The second-order valence-electron chi connectivity index (χ2n) is 5.45. The van der Waals surface area contributed by atoms with Gasteiger partial charge in [-0.2, -0.15) is 4.31 Å². The summed E-state index contributed by atoms with van der Waals surface area (Å²) in [5.41, 5.74) is 0. The highest BCUT2D eigenvalue weighted by Gasteiger charge is 2.37. The maximum Gasteiger partial charge on any atom is 0.217 e. The fourth-order valence-electron chi connectivity index (χ4n) is 3.14. The summed E-state index contributed by atoms with van der Waals surface area (Å²) in [6.45, 7) is 1.57. The molecule has 1 heterocycles. The molecule has 1 saturated heterocycles. The second kappa shape index (κ2) is 7.25. The number of hydrogen-bond donors (Lipinski definition) is 0. The Kier molecular flexibility index (Phi) is 5.93. The van der Waals surface area contributed by atoms with E-state index in [4.69, 9.17) is 16.3 Å². The van der Waals surface area contributed by atoms with Gasteiger partial charge in [0, 0.05) is 31.7 Å². The Labute approximate surface area is 121 Å². The predicted molar refractivity (Wildman–Crippen MR) is 77.1 cm³/mol. The number of sulfonamides is 1. The number of rotatable bonds is 5. The van der Waals surface area contributed by atoms with Crippen molar-refractivity contribution in [2.75, 3.05) is 25.6 Å². The molecule has 1 aliphatic carbocycles. The van der Waals surface area contributed by atoms with Crippen LogP contribution in [-0.2, 0) is 14.8 Å². The van der Waals surface area contributed by atoms with Gasteiger partial charge >= 0.3 is 0 Å². The molecule has 0 atom stereocenters. The predicted octanol–water partition coefficient (Wildman–Crippen LogP) is 2.37. The summed E-state index contributed by atoms with van der Waals surface area (Å²) < 4.78 is 32.5. The zero-order valence-electron chi connectivity index (χ0n) is 11.4. The number of ether oxygens (including phenoxy) is 1. The highest BCUT2D eigenvalue weighted by atomic mass is 35.5. The fraction of sp³-hybridized carbons (Fsp3) is 1.00. The average molecular weight is 310 g/mol. The van der Waals surface area contributed by atoms with Gasteiger partial charge in [0.25, 0.3) is 0 Å². The number of halogens is 1. The van der Waals surface area contributed by atoms with E-state index in [1.165, 1.54) is 6.42 Å². The van der Waals surface area contributed by atoms with Crippen LogP contribution in [0.2, 0.25) is 0 Å². The number of nitrogens with zero attached hydrogens (tertiary/aromatic N) is 1. The minimum atomic E-state index is -3.22. The van der Waals surface area contributed by atoms with Gasteiger partial charge in [0.15, 0.2) is 0 Å². The molecule has 2 fully saturated rings. The molecule has 1 saturated carbocycles. The van der Waals surface area contributed by atoms with E-state index in [1.54, 1.807) is 4.31 Å². The first-order valence-corrected chi connectivity index (χ1v) is 9.34. The third-order valence-corrected chi connectivity index (χ3v) is 6.82. The fourth-order valence-corrected chi connectivity index (χ4v) is 5.56. The van der Waals surface area contributed by atoms with E-state index in [2.05, 4.69) is 0 Å². The molecule has 112 valence electrons. The summed E-state index contributed by atoms with van der Waals surface area (Å²) in [7, 11) is -3.22. The molecular formula is C13H24ClNO3S. The SMILES string of the molecule is O=S(=O)(C1CCOCC1)N(CCCl)C1CCCCC1. The maximum absolute atomic E-state index is 12.8. The normalized spacial score (nSPS) is 23.9. The monoisotopic (exact) mass is 309 g/mol. The van der Waals surface area contributed by atoms with Gasteiger partial charge in [0.05, 0.1) is 5.25 Å². The van der Waals surface area contributed by atoms with Crippen molar-refractivity contribution in [2.45, 2.75) is 56.2 Å². The quantitative estimate of drug-likeness (QED) is 0.733. The lowest BCUT2D eigenvalue weighted by Gasteiger charge is -2.36. The summed E-state index contributed by atoms with van der Waals surface area (Å²) in [4.78, 5) is 0. The van der Waals surface area contributed by atoms with E-state index in [1.807, 2.05) is 0 Å². The van der Waals surface area contributed by atoms with E-state index < -0.39 is 10.0 Å². The standard InChI is InChI=1S/C13H24ClNO3S/c14-8-9-15(12-4-2-1-3-5-12)19(16,17)13-6-10-18-11-7-13/h12-13H,1-11H2. The average Bonchev–Trinajstić information content (AvgIpc) is 2.46. The molecule has 6 heteroatoms. The van der Waals surface area contributed by atoms with Gasteiger partial charge in [-0.3, -0.25) is 0 Å². The van der Waals surface area contributed by atoms with E-state index in [-0.39, 0.29) is 11.3 Å². The van der Waals surface area contributed by atoms with E-state index >= 15 is 0 Å². The van der Waals surface area contributed by atoms with Gasteiger partial charge in [0.1, 0.15) is 0 Å². The van der Waals surface area contributed by atoms with E-state index in [9.17, 15) is 8.42 Å². The van der Waals surface area contributed by atoms with Crippen LogP contribution in [0.25, 0.3) is 0 Å². The Morgan fingerprint density at radius 2 is 1.68 bits per heavy atom. The van der Waals surface area contributed by atoms with Crippen LogP contribution in [-0.4, -0.2) is 49.7 Å². The van der Waals surface area contributed by atoms with Gasteiger partial charge in [-0.25, -0.2) is 8.42 Å². The van der Waals surface area contributed by atoms with Crippen molar-refractivity contribution in [1.82, 2.24) is 4.31 Å². The van der Waals surface area contributed by atoms with Crippen molar-refractivity contribution < 1.29 is 13.2 Å². The molecule has 0 radical (unpaired) electrons. The zero-order valence-corrected chi connectivity index (χ0v) is 13.0. The van der Waals surface area contributed by atoms with Crippen LogP contribution in [0.5, 0.6) is 0 Å². The Morgan fingerprint density at radius 3 is 2.26 bits per heavy atom. The molecule has 0 unspecified atom stereocenters. The molecular weight excluding hydrogens is 286 g/mol. The largest absolute Gasteiger partial charge is 0.381 e. The van der Waals surface area contributed by atoms with Crippen molar-refractivity contribution in [3.05, 3.63) is 0 Å². The number of hydrogen-bond acceptors (Lipinski definition) is 3. The topological polar surface area (TPSA) is 46.6 Å². The third kappa shape index (κ3) is 3.84. The van der Waals surface area contributed by atoms with Crippen molar-refractivity contribution >= 4 is 21.6 Å². The molecule has 0 amide bonds. The zero-order chi connectivity index (χ0) is 13.7. The van der Waals surface area contributed by atoms with Crippen LogP contribution in [0, 0.1) is 0 Å². The maximum atomic E-state index is 12.8. The first-order chi connectivity index (χ1) is 9.16. The highest BCUT2D eigenvalue weighted by Crippen LogP contribution is 2.28. The summed E-state index contributed by atoms with van der Waals surface area (Å²) >= 11 is 5.83. The van der Waals surface area contributed by atoms with Crippen LogP contribution in [0.3, 0.4) is 0 Å². The van der Waals surface area contributed by atoms with Gasteiger partial charge in [-0.1, -0.05) is 19.3 Å². The Morgan fingerprint density at radius 1 is 1.05 bits per heavy atom. The molecule has 0 aromatic heterocycles. The van der Waals surface area contributed by atoms with E-state index in [0.717, 1.165) is 25.7 Å². The minimum absolute atomic E-state index is 0.167. The lowest BCUT2D eigenvalue weighted by atomic mass is 9.95. The van der Waals surface area contributed by atoms with Gasteiger partial charge in [-0.05, 0) is 25.7 Å². The van der Waals surface area contributed by atoms with Crippen LogP contribution in [0.15, 0.2) is 0 Å². The van der Waals surface area contributed by atoms with Gasteiger partial charge in [-0.15, -0.1) is 11.6 Å². The molecule has 0 aromatic carbocycles. The van der Waals surface area contributed by atoms with Crippen LogP contribution in [0.1, 0.15) is 44.9 Å². The van der Waals surface area contributed by atoms with Crippen molar-refractivity contribution in [2.24, 2.45) is 0 Å². The molecule has 0 bridgehead atoms. The summed E-state index contributed by atoms with van der Waals surface area (Å²) in [6.07, 6.45) is 6.70. The molecule has 0 N–H and O–H groups in total. The molecule has 19 heavy (non-hydrogen) atoms. The summed E-state index contributed by atoms with van der Waals surface area (Å²) in [6, 6.07) is 0.167. The Balaban J connectivity index is 2.11. The summed E-state index contributed by atoms with van der Waals surface area (Å²) in [5, 5.41) is -0.272. The molecule has 2 rings (SSSR count). The minimum Gasteiger partial charge on any atom is -0.381 e. The first-order valence-electron chi connectivity index (χ1n) is 7.30. The lowest BCUT2D eigenvalue weighted by Crippen LogP contribution is -2.48. The summed E-state index contributed by atoms with van der Waals surface area (Å²) in [5.74, 6) is 0.374. The van der Waals surface area contributed by atoms with Crippen molar-refractivity contribution in [3.8, 4) is 0 Å². The smallest absolute Gasteiger partial charge is 0.217 e. The molecule has 1 aliphatic heterocycles. The molecule has 0 spiro atoms. The van der Waals surface area contributed by atoms with Gasteiger partial charge in [0.2, 0.25) is 10.0 Å². The van der Waals surface area contributed by atoms with Crippen LogP contribution >= 0.6 is 11.6 Å².